The van der Waals surface area contributed by atoms with Gasteiger partial charge in [-0.05, 0) is 43.5 Å². The summed E-state index contributed by atoms with van der Waals surface area (Å²) in [7, 11) is 0. The van der Waals surface area contributed by atoms with Crippen LogP contribution in [0.15, 0.2) is 24.3 Å². The van der Waals surface area contributed by atoms with Crippen LogP contribution in [0.5, 0.6) is 0 Å². The minimum absolute atomic E-state index is 0.0332. The number of nitrogens with one attached hydrogen (secondary N) is 2. The molecule has 0 fully saturated rings. The lowest BCUT2D eigenvalue weighted by atomic mass is 10.3. The third-order valence-corrected chi connectivity index (χ3v) is 3.84. The Kier molecular flexibility index (Phi) is 7.16. The maximum Gasteiger partial charge on any atom is 0.238 e. The molecule has 1 aromatic carbocycles. The normalized spacial score (nSPS) is 12.2. The van der Waals surface area contributed by atoms with Crippen LogP contribution in [0.25, 0.3) is 0 Å². The summed E-state index contributed by atoms with van der Waals surface area (Å²) in [5.74, 6) is -0.0332. The average Bonchev–Trinajstić information content (AvgIpc) is 2.37. The Labute approximate surface area is 118 Å². The quantitative estimate of drug-likeness (QED) is 0.757. The van der Waals surface area contributed by atoms with E-state index in [0.717, 1.165) is 18.7 Å². The summed E-state index contributed by atoms with van der Waals surface area (Å²) in [6.07, 6.45) is 3.16. The van der Waals surface area contributed by atoms with E-state index < -0.39 is 0 Å². The largest absolute Gasteiger partial charge is 0.325 e. The van der Waals surface area contributed by atoms with Crippen molar-refractivity contribution in [2.75, 3.05) is 24.7 Å². The van der Waals surface area contributed by atoms with Gasteiger partial charge in [0.2, 0.25) is 5.91 Å². The molecule has 100 valence electrons. The number of rotatable bonds is 7. The second-order valence-corrected chi connectivity index (χ2v) is 5.78. The second-order valence-electron chi connectivity index (χ2n) is 4.07. The fraction of sp³-hybridized carbons (Fsp3) is 0.462. The van der Waals surface area contributed by atoms with Crippen LogP contribution in [0, 0.1) is 0 Å². The van der Waals surface area contributed by atoms with E-state index in [4.69, 9.17) is 11.6 Å². The van der Waals surface area contributed by atoms with E-state index in [-0.39, 0.29) is 5.91 Å². The Morgan fingerprint density at radius 1 is 1.39 bits per heavy atom. The smallest absolute Gasteiger partial charge is 0.238 e. The molecule has 18 heavy (non-hydrogen) atoms. The highest BCUT2D eigenvalue weighted by Crippen LogP contribution is 2.13. The van der Waals surface area contributed by atoms with Crippen molar-refractivity contribution in [3.8, 4) is 0 Å². The standard InChI is InChI=1S/C13H19ClN2OS/c1-10(18-2)7-8-15-9-13(17)16-12-5-3-11(14)4-6-12/h3-6,10,15H,7-9H2,1-2H3,(H,16,17). The number of benzene rings is 1. The minimum Gasteiger partial charge on any atom is -0.325 e. The molecule has 0 radical (unpaired) electrons. The molecular formula is C13H19ClN2OS. The molecular weight excluding hydrogens is 268 g/mol. The molecule has 1 aromatic rings. The first-order valence-corrected chi connectivity index (χ1v) is 7.57. The van der Waals surface area contributed by atoms with Crippen molar-refractivity contribution in [2.24, 2.45) is 0 Å². The van der Waals surface area contributed by atoms with Gasteiger partial charge in [0.1, 0.15) is 0 Å². The molecule has 0 saturated heterocycles. The first kappa shape index (κ1) is 15.3. The van der Waals surface area contributed by atoms with Gasteiger partial charge < -0.3 is 10.6 Å². The summed E-state index contributed by atoms with van der Waals surface area (Å²) >= 11 is 7.60. The van der Waals surface area contributed by atoms with Crippen LogP contribution in [0.1, 0.15) is 13.3 Å². The Balaban J connectivity index is 2.19. The molecule has 0 heterocycles. The first-order valence-electron chi connectivity index (χ1n) is 5.90. The maximum atomic E-state index is 11.6. The van der Waals surface area contributed by atoms with E-state index in [1.165, 1.54) is 0 Å². The Bertz CT molecular complexity index is 370. The van der Waals surface area contributed by atoms with Gasteiger partial charge in [0.05, 0.1) is 6.54 Å². The summed E-state index contributed by atoms with van der Waals surface area (Å²) < 4.78 is 0. The Hall–Kier alpha value is -0.710. The molecule has 1 rings (SSSR count). The second kappa shape index (κ2) is 8.40. The molecule has 0 bridgehead atoms. The Morgan fingerprint density at radius 3 is 2.67 bits per heavy atom. The van der Waals surface area contributed by atoms with Crippen LogP contribution >= 0.6 is 23.4 Å². The van der Waals surface area contributed by atoms with Crippen molar-refractivity contribution in [3.05, 3.63) is 29.3 Å². The van der Waals surface area contributed by atoms with Crippen LogP contribution in [0.4, 0.5) is 5.69 Å². The zero-order chi connectivity index (χ0) is 13.4. The fourth-order valence-electron chi connectivity index (χ4n) is 1.36. The molecule has 0 saturated carbocycles. The molecule has 5 heteroatoms. The summed E-state index contributed by atoms with van der Waals surface area (Å²) in [5.41, 5.74) is 0.767. The van der Waals surface area contributed by atoms with E-state index >= 15 is 0 Å². The van der Waals surface area contributed by atoms with E-state index in [1.54, 1.807) is 24.3 Å². The minimum atomic E-state index is -0.0332. The van der Waals surface area contributed by atoms with Gasteiger partial charge in [-0.2, -0.15) is 11.8 Å². The number of carbonyl (C=O) groups is 1. The predicted octanol–water partition coefficient (Wildman–Crippen LogP) is 3.01. The van der Waals surface area contributed by atoms with Gasteiger partial charge in [-0.1, -0.05) is 18.5 Å². The highest BCUT2D eigenvalue weighted by Gasteiger charge is 2.03. The van der Waals surface area contributed by atoms with E-state index in [9.17, 15) is 4.79 Å². The van der Waals surface area contributed by atoms with Gasteiger partial charge in [-0.25, -0.2) is 0 Å². The molecule has 0 aromatic heterocycles. The molecule has 1 amide bonds. The molecule has 1 unspecified atom stereocenters. The Morgan fingerprint density at radius 2 is 2.06 bits per heavy atom. The molecule has 0 aliphatic heterocycles. The van der Waals surface area contributed by atoms with E-state index in [2.05, 4.69) is 23.8 Å². The third kappa shape index (κ3) is 6.28. The summed E-state index contributed by atoms with van der Waals surface area (Å²) in [5, 5.41) is 7.22. The number of hydrogen-bond donors (Lipinski definition) is 2. The van der Waals surface area contributed by atoms with Crippen LogP contribution in [0.2, 0.25) is 5.02 Å². The maximum absolute atomic E-state index is 11.6. The summed E-state index contributed by atoms with van der Waals surface area (Å²) in [4.78, 5) is 11.6. The van der Waals surface area contributed by atoms with Crippen LogP contribution in [0.3, 0.4) is 0 Å². The van der Waals surface area contributed by atoms with Crippen LogP contribution in [-0.2, 0) is 4.79 Å². The number of anilines is 1. The highest BCUT2D eigenvalue weighted by molar-refractivity contribution is 7.99. The molecule has 0 spiro atoms. The van der Waals surface area contributed by atoms with Gasteiger partial charge in [0.15, 0.2) is 0 Å². The monoisotopic (exact) mass is 286 g/mol. The lowest BCUT2D eigenvalue weighted by molar-refractivity contribution is -0.115. The first-order chi connectivity index (χ1) is 8.61. The van der Waals surface area contributed by atoms with Crippen molar-refractivity contribution in [3.63, 3.8) is 0 Å². The number of thioether (sulfide) groups is 1. The highest BCUT2D eigenvalue weighted by atomic mass is 35.5. The van der Waals surface area contributed by atoms with E-state index in [0.29, 0.717) is 16.8 Å². The number of halogens is 1. The molecule has 0 aliphatic carbocycles. The predicted molar refractivity (Wildman–Crippen MR) is 80.5 cm³/mol. The van der Waals surface area contributed by atoms with Gasteiger partial charge in [-0.15, -0.1) is 0 Å². The fourth-order valence-corrected chi connectivity index (χ4v) is 1.84. The lowest BCUT2D eigenvalue weighted by Crippen LogP contribution is -2.29. The average molecular weight is 287 g/mol. The van der Waals surface area contributed by atoms with Crippen molar-refractivity contribution in [1.82, 2.24) is 5.32 Å². The number of amides is 1. The van der Waals surface area contributed by atoms with Gasteiger partial charge in [0.25, 0.3) is 0 Å². The van der Waals surface area contributed by atoms with Crippen LogP contribution < -0.4 is 10.6 Å². The summed E-state index contributed by atoms with van der Waals surface area (Å²) in [6, 6.07) is 7.08. The summed E-state index contributed by atoms with van der Waals surface area (Å²) in [6.45, 7) is 3.37. The van der Waals surface area contributed by atoms with Crippen LogP contribution in [-0.4, -0.2) is 30.5 Å². The number of hydrogen-bond acceptors (Lipinski definition) is 3. The third-order valence-electron chi connectivity index (χ3n) is 2.54. The van der Waals surface area contributed by atoms with Crippen molar-refractivity contribution >= 4 is 35.0 Å². The molecule has 2 N–H and O–H groups in total. The molecule has 1 atom stereocenters. The molecule has 0 aliphatic rings. The molecule has 3 nitrogen and oxygen atoms in total. The SMILES string of the molecule is CSC(C)CCNCC(=O)Nc1ccc(Cl)cc1. The van der Waals surface area contributed by atoms with Crippen molar-refractivity contribution in [2.45, 2.75) is 18.6 Å². The van der Waals surface area contributed by atoms with Gasteiger partial charge in [0, 0.05) is 16.0 Å². The topological polar surface area (TPSA) is 41.1 Å². The van der Waals surface area contributed by atoms with Gasteiger partial charge >= 0.3 is 0 Å². The van der Waals surface area contributed by atoms with E-state index in [1.807, 2.05) is 11.8 Å². The zero-order valence-corrected chi connectivity index (χ0v) is 12.3. The van der Waals surface area contributed by atoms with Crippen molar-refractivity contribution in [1.29, 1.82) is 0 Å². The number of carbonyl (C=O) groups excluding carboxylic acids is 1. The zero-order valence-electron chi connectivity index (χ0n) is 10.7. The lowest BCUT2D eigenvalue weighted by Gasteiger charge is -2.09. The van der Waals surface area contributed by atoms with Crippen molar-refractivity contribution < 1.29 is 4.79 Å². The van der Waals surface area contributed by atoms with Gasteiger partial charge in [-0.3, -0.25) is 4.79 Å².